The van der Waals surface area contributed by atoms with Gasteiger partial charge in [-0.15, -0.1) is 0 Å². The Balaban J connectivity index is 0.00000126. The highest BCUT2D eigenvalue weighted by molar-refractivity contribution is 6.35. The molecule has 0 unspecified atom stereocenters. The summed E-state index contributed by atoms with van der Waals surface area (Å²) in [6.07, 6.45) is -1.63. The normalized spacial score (nSPS) is 28.9. The van der Waals surface area contributed by atoms with Gasteiger partial charge in [0.1, 0.15) is 40.7 Å². The van der Waals surface area contributed by atoms with Gasteiger partial charge in [-0.3, -0.25) is 14.9 Å². The smallest absolute Gasteiger partial charge is 0.490 e. The first-order valence-corrected chi connectivity index (χ1v) is 19.7. The van der Waals surface area contributed by atoms with Gasteiger partial charge >= 0.3 is 24.2 Å². The number of carbonyl (C=O) groups is 5. The summed E-state index contributed by atoms with van der Waals surface area (Å²) in [5, 5.41) is 21.6. The van der Waals surface area contributed by atoms with Crippen LogP contribution < -0.4 is 20.7 Å². The van der Waals surface area contributed by atoms with Crippen LogP contribution in [0.4, 0.5) is 23.7 Å². The molecule has 2 saturated heterocycles. The Morgan fingerprint density at radius 1 is 1.18 bits per heavy atom. The number of nitrogens with one attached hydrogen (secondary N) is 1. The average molecular weight is 877 g/mol. The Morgan fingerprint density at radius 2 is 1.83 bits per heavy atom. The van der Waals surface area contributed by atoms with E-state index in [1.54, 1.807) is 52.1 Å². The molecule has 3 aliphatic rings. The molecule has 0 radical (unpaired) electrons. The fourth-order valence-electron chi connectivity index (χ4n) is 6.99. The van der Waals surface area contributed by atoms with Crippen molar-refractivity contribution in [3.05, 3.63) is 46.5 Å². The van der Waals surface area contributed by atoms with Crippen LogP contribution in [0, 0.1) is 5.92 Å². The predicted octanol–water partition coefficient (Wildman–Crippen LogP) is 4.67. The van der Waals surface area contributed by atoms with Crippen LogP contribution in [0.3, 0.4) is 0 Å². The van der Waals surface area contributed by atoms with E-state index < -0.39 is 77.8 Å². The third-order valence-corrected chi connectivity index (χ3v) is 11.2. The first-order chi connectivity index (χ1) is 27.9. The number of nitrogens with two attached hydrogens (primary N) is 1. The standard InChI is InChI=1S/C38H55ClN4O10.C2HF3O2/c1-22-13-12-14-29(50-8)38(48)21-28(51-36(47)41-38)23(2)34-37(4,53-34)30(52-35(46)24(3)42(5)31(44)15-10-9-11-16-40)20-32(45)43(6)26-18-25(17-22)19-27(49-7)33(26)39;3-2(4,5)1(6)7/h12-14,18-19,23-24,28-30,34,48H,9-11,15-17,20-21,40H2,1-8H3,(H,41,47);(H,6,7)/b14-12+,22-13+;/t23-,24+,28+,29-,30+,34+,37+,38+;/m1./s1. The van der Waals surface area contributed by atoms with Gasteiger partial charge in [-0.05, 0) is 64.3 Å². The number of hydrogen-bond donors (Lipinski definition) is 4. The summed E-state index contributed by atoms with van der Waals surface area (Å²) in [6.45, 7) is 7.55. The van der Waals surface area contributed by atoms with Crippen LogP contribution in [0.1, 0.15) is 71.8 Å². The number of allylic oxidation sites excluding steroid dienone is 3. The molecule has 60 heavy (non-hydrogen) atoms. The summed E-state index contributed by atoms with van der Waals surface area (Å²) in [6, 6.07) is 2.62. The summed E-state index contributed by atoms with van der Waals surface area (Å²) in [5.41, 5.74) is 4.67. The highest BCUT2D eigenvalue weighted by Gasteiger charge is 2.64. The van der Waals surface area contributed by atoms with Gasteiger partial charge in [-0.25, -0.2) is 14.4 Å². The molecule has 0 spiro atoms. The van der Waals surface area contributed by atoms with Gasteiger partial charge in [0, 0.05) is 40.0 Å². The lowest BCUT2D eigenvalue weighted by molar-refractivity contribution is -0.192. The molecule has 0 aliphatic carbocycles. The van der Waals surface area contributed by atoms with E-state index >= 15 is 0 Å². The van der Waals surface area contributed by atoms with E-state index in [1.165, 1.54) is 31.1 Å². The number of alkyl halides is 3. The molecule has 3 amide bonds. The van der Waals surface area contributed by atoms with Crippen molar-refractivity contribution in [1.29, 1.82) is 0 Å². The molecule has 5 N–H and O–H groups in total. The van der Waals surface area contributed by atoms with E-state index in [9.17, 15) is 37.5 Å². The van der Waals surface area contributed by atoms with Crippen molar-refractivity contribution in [3.8, 4) is 5.75 Å². The first kappa shape index (κ1) is 49.9. The number of likely N-dealkylation sites (N-methyl/N-ethyl adjacent to an activating group) is 1. The summed E-state index contributed by atoms with van der Waals surface area (Å²) >= 11 is 6.76. The lowest BCUT2D eigenvalue weighted by Gasteiger charge is -2.42. The second kappa shape index (κ2) is 20.9. The van der Waals surface area contributed by atoms with Crippen LogP contribution in [0.15, 0.2) is 35.9 Å². The van der Waals surface area contributed by atoms with Crippen molar-refractivity contribution >= 4 is 47.1 Å². The fourth-order valence-corrected chi connectivity index (χ4v) is 7.30. The molecule has 336 valence electrons. The van der Waals surface area contributed by atoms with E-state index in [2.05, 4.69) is 5.32 Å². The van der Waals surface area contributed by atoms with Crippen molar-refractivity contribution in [2.45, 2.75) is 121 Å². The summed E-state index contributed by atoms with van der Waals surface area (Å²) in [5.74, 6) is -4.28. The van der Waals surface area contributed by atoms with E-state index in [0.29, 0.717) is 30.8 Å². The van der Waals surface area contributed by atoms with Crippen LogP contribution in [-0.2, 0) is 44.5 Å². The van der Waals surface area contributed by atoms with Crippen LogP contribution in [0.25, 0.3) is 0 Å². The van der Waals surface area contributed by atoms with E-state index in [1.807, 2.05) is 13.0 Å². The Labute approximate surface area is 352 Å². The quantitative estimate of drug-likeness (QED) is 0.143. The number of carboxylic acids is 1. The fraction of sp³-hybridized carbons (Fsp3) is 0.625. The maximum absolute atomic E-state index is 14.1. The number of alkyl carbamates (subject to hydrolysis) is 1. The van der Waals surface area contributed by atoms with Crippen LogP contribution in [0.5, 0.6) is 5.75 Å². The number of ether oxygens (including phenoxy) is 5. The summed E-state index contributed by atoms with van der Waals surface area (Å²) in [4.78, 5) is 65.3. The lowest BCUT2D eigenvalue weighted by Crippen LogP contribution is -2.63. The van der Waals surface area contributed by atoms with Crippen molar-refractivity contribution in [2.24, 2.45) is 11.7 Å². The Bertz CT molecular complexity index is 1800. The van der Waals surface area contributed by atoms with Gasteiger partial charge in [0.15, 0.2) is 5.72 Å². The van der Waals surface area contributed by atoms with Crippen molar-refractivity contribution in [2.75, 3.05) is 39.8 Å². The number of benzene rings is 1. The molecular weight excluding hydrogens is 821 g/mol. The molecule has 4 bridgehead atoms. The minimum absolute atomic E-state index is 0.0487. The van der Waals surface area contributed by atoms with Gasteiger partial charge in [-0.2, -0.15) is 13.2 Å². The molecule has 1 aromatic carbocycles. The molecule has 4 rings (SSSR count). The number of carbonyl (C=O) groups excluding carboxylic acids is 4. The Hall–Kier alpha value is -4.43. The predicted molar refractivity (Wildman–Crippen MR) is 212 cm³/mol. The Morgan fingerprint density at radius 3 is 2.42 bits per heavy atom. The third kappa shape index (κ3) is 12.6. The zero-order chi connectivity index (χ0) is 45.3. The van der Waals surface area contributed by atoms with E-state index in [4.69, 9.17) is 50.9 Å². The number of rotatable bonds is 10. The number of aliphatic carboxylic acids is 1. The van der Waals surface area contributed by atoms with Gasteiger partial charge < -0.3 is 49.4 Å². The van der Waals surface area contributed by atoms with Crippen molar-refractivity contribution in [3.63, 3.8) is 0 Å². The number of methoxy groups -OCH3 is 2. The molecule has 1 aromatic rings. The maximum Gasteiger partial charge on any atom is 0.490 e. The highest BCUT2D eigenvalue weighted by Crippen LogP contribution is 2.49. The van der Waals surface area contributed by atoms with Crippen molar-refractivity contribution < 1.29 is 71.0 Å². The average Bonchev–Trinajstić information content (AvgIpc) is 3.88. The zero-order valence-corrected chi connectivity index (χ0v) is 35.7. The monoisotopic (exact) mass is 876 g/mol. The molecule has 3 aliphatic heterocycles. The number of hydrogen-bond acceptors (Lipinski definition) is 12. The second-order valence-corrected chi connectivity index (χ2v) is 15.7. The number of halogens is 4. The number of aliphatic hydroxyl groups is 1. The van der Waals surface area contributed by atoms with Gasteiger partial charge in [0.05, 0.1) is 25.3 Å². The van der Waals surface area contributed by atoms with Crippen LogP contribution in [0.2, 0.25) is 5.02 Å². The molecule has 0 aromatic heterocycles. The second-order valence-electron chi connectivity index (χ2n) is 15.3. The summed E-state index contributed by atoms with van der Waals surface area (Å²) < 4.78 is 60.9. The third-order valence-electron chi connectivity index (χ3n) is 10.9. The SMILES string of the molecule is COc1cc2cc(c1Cl)N(C)C(=O)C[C@H](OC(=O)[C@H](C)N(C)C(=O)CCCCCN)[C@]1(C)O[C@H]1[C@H](C)[C@@H]1C[C@@](O)(NC(=O)O1)[C@H](OC)/C=C/C=C(\C)C2.O=C(O)C(F)(F)F. The minimum atomic E-state index is -5.08. The van der Waals surface area contributed by atoms with Crippen LogP contribution in [-0.4, -0.2) is 128 Å². The van der Waals surface area contributed by atoms with E-state index in [-0.39, 0.29) is 30.2 Å². The number of unbranched alkanes of at least 4 members (excludes halogenated alkanes) is 2. The minimum Gasteiger partial charge on any atom is -0.495 e. The van der Waals surface area contributed by atoms with Gasteiger partial charge in [0.2, 0.25) is 11.8 Å². The molecular formula is C40H56ClF3N4O12. The van der Waals surface area contributed by atoms with Gasteiger partial charge in [-0.1, -0.05) is 48.7 Å². The Kier molecular flexibility index (Phi) is 17.4. The number of fused-ring (bicyclic) bond motifs is 5. The molecule has 2 fully saturated rings. The largest absolute Gasteiger partial charge is 0.495 e. The number of amides is 3. The molecule has 16 nitrogen and oxygen atoms in total. The number of esters is 1. The maximum atomic E-state index is 14.1. The van der Waals surface area contributed by atoms with Crippen LogP contribution >= 0.6 is 11.6 Å². The number of carboxylic acid groups (broad SMARTS) is 1. The zero-order valence-electron chi connectivity index (χ0n) is 35.0. The van der Waals surface area contributed by atoms with Gasteiger partial charge in [0.25, 0.3) is 0 Å². The number of nitrogens with zero attached hydrogens (tertiary/aromatic N) is 2. The number of anilines is 1. The topological polar surface area (TPSA) is 220 Å². The molecule has 8 atom stereocenters. The molecule has 0 saturated carbocycles. The highest BCUT2D eigenvalue weighted by atomic mass is 35.5. The first-order valence-electron chi connectivity index (χ1n) is 19.3. The lowest BCUT2D eigenvalue weighted by atomic mass is 9.83. The summed E-state index contributed by atoms with van der Waals surface area (Å²) in [7, 11) is 6.04. The van der Waals surface area contributed by atoms with E-state index in [0.717, 1.165) is 24.0 Å². The molecule has 3 heterocycles. The van der Waals surface area contributed by atoms with Crippen molar-refractivity contribution in [1.82, 2.24) is 10.2 Å². The number of epoxide rings is 1. The molecule has 20 heteroatoms.